The Balaban J connectivity index is 1.48. The normalized spacial score (nSPS) is 27.4. The molecule has 0 aliphatic heterocycles. The summed E-state index contributed by atoms with van der Waals surface area (Å²) in [7, 11) is 0. The van der Waals surface area contributed by atoms with Crippen molar-refractivity contribution in [3.8, 4) is 0 Å². The van der Waals surface area contributed by atoms with Gasteiger partial charge in [0.2, 0.25) is 0 Å². The Hall–Kier alpha value is -1.63. The van der Waals surface area contributed by atoms with Crippen LogP contribution in [0.25, 0.3) is 10.8 Å². The van der Waals surface area contributed by atoms with Crippen molar-refractivity contribution < 1.29 is 4.39 Å². The van der Waals surface area contributed by atoms with Crippen LogP contribution < -0.4 is 0 Å². The highest BCUT2D eigenvalue weighted by Gasteiger charge is 2.35. The van der Waals surface area contributed by atoms with Crippen LogP contribution in [0, 0.1) is 23.6 Å². The molecule has 0 bridgehead atoms. The van der Waals surface area contributed by atoms with Crippen LogP contribution in [0.5, 0.6) is 0 Å². The molecule has 2 saturated carbocycles. The van der Waals surface area contributed by atoms with Gasteiger partial charge in [-0.15, -0.1) is 0 Å². The van der Waals surface area contributed by atoms with E-state index in [1.807, 2.05) is 13.0 Å². The van der Waals surface area contributed by atoms with Crippen LogP contribution in [0.4, 0.5) is 4.39 Å². The average Bonchev–Trinajstić information content (AvgIpc) is 2.74. The Kier molecular flexibility index (Phi) is 6.73. The number of rotatable bonds is 6. The van der Waals surface area contributed by atoms with Gasteiger partial charge in [0.25, 0.3) is 0 Å². The molecule has 0 spiro atoms. The lowest BCUT2D eigenvalue weighted by Crippen LogP contribution is -2.30. The standard InChI is InChI=1S/C28H37F/c1-3-5-6-8-21-10-12-25-18-26(19-28(29)27(25)16-21)24-14-13-22-15-20(7-4-2)9-11-23(22)17-24/h3,5,10,12,16,18-20,22-24H,4,6-9,11,13-15,17H2,1-2H3/b5-3+/t20?,22-,23?,24-/m1/s1. The summed E-state index contributed by atoms with van der Waals surface area (Å²) in [4.78, 5) is 0. The highest BCUT2D eigenvalue weighted by atomic mass is 19.1. The fourth-order valence-corrected chi connectivity index (χ4v) is 6.15. The van der Waals surface area contributed by atoms with Gasteiger partial charge in [-0.2, -0.15) is 0 Å². The molecule has 2 aliphatic carbocycles. The van der Waals surface area contributed by atoms with Crippen LogP contribution in [0.15, 0.2) is 42.5 Å². The minimum absolute atomic E-state index is 0.0286. The maximum atomic E-state index is 15.0. The lowest BCUT2D eigenvalue weighted by Gasteiger charge is -2.42. The highest BCUT2D eigenvalue weighted by molar-refractivity contribution is 5.84. The van der Waals surface area contributed by atoms with E-state index in [1.165, 1.54) is 62.5 Å². The molecule has 0 heterocycles. The van der Waals surface area contributed by atoms with Gasteiger partial charge in [-0.3, -0.25) is 0 Å². The van der Waals surface area contributed by atoms with Gasteiger partial charge in [-0.1, -0.05) is 56.5 Å². The fourth-order valence-electron chi connectivity index (χ4n) is 6.15. The van der Waals surface area contributed by atoms with E-state index in [0.29, 0.717) is 5.92 Å². The van der Waals surface area contributed by atoms with Crippen LogP contribution in [0.2, 0.25) is 0 Å². The summed E-state index contributed by atoms with van der Waals surface area (Å²) in [6.45, 7) is 4.37. The first-order valence-corrected chi connectivity index (χ1v) is 12.0. The van der Waals surface area contributed by atoms with E-state index in [2.05, 4.69) is 43.3 Å². The Morgan fingerprint density at radius 3 is 2.66 bits per heavy atom. The summed E-state index contributed by atoms with van der Waals surface area (Å²) in [5.41, 5.74) is 2.47. The molecule has 0 amide bonds. The van der Waals surface area contributed by atoms with E-state index in [9.17, 15) is 0 Å². The summed E-state index contributed by atoms with van der Waals surface area (Å²) < 4.78 is 15.0. The van der Waals surface area contributed by atoms with E-state index in [0.717, 1.165) is 41.4 Å². The molecule has 4 atom stereocenters. The summed E-state index contributed by atoms with van der Waals surface area (Å²) in [6.07, 6.45) is 17.1. The van der Waals surface area contributed by atoms with Gasteiger partial charge in [0, 0.05) is 5.39 Å². The van der Waals surface area contributed by atoms with E-state index < -0.39 is 0 Å². The molecule has 2 aliphatic rings. The Labute approximate surface area is 176 Å². The molecule has 0 N–H and O–H groups in total. The van der Waals surface area contributed by atoms with Crippen molar-refractivity contribution in [3.05, 3.63) is 59.4 Å². The predicted molar refractivity (Wildman–Crippen MR) is 123 cm³/mol. The molecule has 0 saturated heterocycles. The lowest BCUT2D eigenvalue weighted by molar-refractivity contribution is 0.114. The fraction of sp³-hybridized carbons (Fsp3) is 0.571. The number of fused-ring (bicyclic) bond motifs is 2. The van der Waals surface area contributed by atoms with Crippen LogP contribution in [0.1, 0.15) is 88.7 Å². The SMILES string of the molecule is C/C=C/CCc1ccc2cc([C@@H]3CC[C@@H]4CC(CCC)CCC4C3)cc(F)c2c1. The lowest BCUT2D eigenvalue weighted by atomic mass is 9.63. The van der Waals surface area contributed by atoms with Crippen molar-refractivity contribution in [3.63, 3.8) is 0 Å². The smallest absolute Gasteiger partial charge is 0.131 e. The molecule has 2 aromatic rings. The van der Waals surface area contributed by atoms with Crippen molar-refractivity contribution in [2.45, 2.75) is 84.0 Å². The van der Waals surface area contributed by atoms with Gasteiger partial charge in [-0.25, -0.2) is 4.39 Å². The quantitative estimate of drug-likeness (QED) is 0.432. The summed E-state index contributed by atoms with van der Waals surface area (Å²) in [5.74, 6) is 3.29. The molecule has 0 nitrogen and oxygen atoms in total. The molecule has 2 aromatic carbocycles. The molecule has 1 heteroatoms. The van der Waals surface area contributed by atoms with Crippen LogP contribution in [-0.2, 0) is 6.42 Å². The van der Waals surface area contributed by atoms with E-state index in [1.54, 1.807) is 0 Å². The third kappa shape index (κ3) is 4.76. The Morgan fingerprint density at radius 1 is 1.00 bits per heavy atom. The molecule has 4 rings (SSSR count). The van der Waals surface area contributed by atoms with Crippen LogP contribution in [-0.4, -0.2) is 0 Å². The van der Waals surface area contributed by atoms with Gasteiger partial charge < -0.3 is 0 Å². The maximum absolute atomic E-state index is 15.0. The van der Waals surface area contributed by atoms with Crippen molar-refractivity contribution in [1.82, 2.24) is 0 Å². The zero-order chi connectivity index (χ0) is 20.2. The third-order valence-electron chi connectivity index (χ3n) is 7.72. The Morgan fingerprint density at radius 2 is 1.83 bits per heavy atom. The second kappa shape index (κ2) is 9.45. The maximum Gasteiger partial charge on any atom is 0.131 e. The summed E-state index contributed by atoms with van der Waals surface area (Å²) >= 11 is 0. The van der Waals surface area contributed by atoms with Gasteiger partial charge in [0.05, 0.1) is 0 Å². The van der Waals surface area contributed by atoms with Crippen molar-refractivity contribution in [2.75, 3.05) is 0 Å². The van der Waals surface area contributed by atoms with Gasteiger partial charge in [-0.05, 0) is 104 Å². The molecule has 2 fully saturated rings. The number of halogens is 1. The number of allylic oxidation sites excluding steroid dienone is 2. The second-order valence-electron chi connectivity index (χ2n) is 9.66. The summed E-state index contributed by atoms with van der Waals surface area (Å²) in [6, 6.07) is 10.5. The molecule has 2 unspecified atom stereocenters. The van der Waals surface area contributed by atoms with Crippen LogP contribution >= 0.6 is 0 Å². The van der Waals surface area contributed by atoms with Gasteiger partial charge in [0.1, 0.15) is 5.82 Å². The van der Waals surface area contributed by atoms with Crippen LogP contribution in [0.3, 0.4) is 0 Å². The van der Waals surface area contributed by atoms with E-state index in [4.69, 9.17) is 0 Å². The number of hydrogen-bond donors (Lipinski definition) is 0. The highest BCUT2D eigenvalue weighted by Crippen LogP contribution is 2.48. The van der Waals surface area contributed by atoms with E-state index >= 15 is 4.39 Å². The topological polar surface area (TPSA) is 0 Å². The average molecular weight is 393 g/mol. The zero-order valence-corrected chi connectivity index (χ0v) is 18.3. The zero-order valence-electron chi connectivity index (χ0n) is 18.3. The second-order valence-corrected chi connectivity index (χ2v) is 9.66. The molecule has 29 heavy (non-hydrogen) atoms. The third-order valence-corrected chi connectivity index (χ3v) is 7.72. The number of aryl methyl sites for hydroxylation is 1. The predicted octanol–water partition coefficient (Wildman–Crippen LogP) is 8.59. The minimum atomic E-state index is -0.0286. The largest absolute Gasteiger partial charge is 0.206 e. The monoisotopic (exact) mass is 392 g/mol. The molecule has 0 radical (unpaired) electrons. The van der Waals surface area contributed by atoms with Gasteiger partial charge >= 0.3 is 0 Å². The first kappa shape index (κ1) is 20.6. The van der Waals surface area contributed by atoms with Crippen molar-refractivity contribution >= 4 is 10.8 Å². The first-order chi connectivity index (χ1) is 14.2. The van der Waals surface area contributed by atoms with E-state index in [-0.39, 0.29) is 5.82 Å². The molecular formula is C28H37F. The molecule has 156 valence electrons. The van der Waals surface area contributed by atoms with Gasteiger partial charge in [0.15, 0.2) is 0 Å². The first-order valence-electron chi connectivity index (χ1n) is 12.0. The molecular weight excluding hydrogens is 355 g/mol. The number of hydrogen-bond acceptors (Lipinski definition) is 0. The number of benzene rings is 2. The Bertz CT molecular complexity index is 849. The van der Waals surface area contributed by atoms with Crippen molar-refractivity contribution in [2.24, 2.45) is 17.8 Å². The van der Waals surface area contributed by atoms with Crippen molar-refractivity contribution in [1.29, 1.82) is 0 Å². The molecule has 0 aromatic heterocycles. The summed E-state index contributed by atoms with van der Waals surface area (Å²) in [5, 5.41) is 1.86. The minimum Gasteiger partial charge on any atom is -0.206 e.